The molecule has 2 rings (SSSR count). The standard InChI is InChI=1S/C14H19ClO2/c1-3-13(2)10-14(16,7-8-17-13)11-5-4-6-12(15)9-11/h4-6,9,16H,3,7-8,10H2,1-2H3. The van der Waals surface area contributed by atoms with Gasteiger partial charge in [-0.3, -0.25) is 0 Å². The van der Waals surface area contributed by atoms with Crippen LogP contribution in [0.3, 0.4) is 0 Å². The molecule has 1 heterocycles. The van der Waals surface area contributed by atoms with E-state index in [0.717, 1.165) is 12.0 Å². The van der Waals surface area contributed by atoms with Gasteiger partial charge in [0, 0.05) is 17.9 Å². The normalized spacial score (nSPS) is 33.6. The van der Waals surface area contributed by atoms with E-state index in [1.165, 1.54) is 0 Å². The lowest BCUT2D eigenvalue weighted by Crippen LogP contribution is -2.45. The Morgan fingerprint density at radius 2 is 2.24 bits per heavy atom. The smallest absolute Gasteiger partial charge is 0.0946 e. The van der Waals surface area contributed by atoms with Crippen LogP contribution in [0.25, 0.3) is 0 Å². The van der Waals surface area contributed by atoms with E-state index in [1.54, 1.807) is 0 Å². The Morgan fingerprint density at radius 3 is 2.88 bits per heavy atom. The fraction of sp³-hybridized carbons (Fsp3) is 0.571. The van der Waals surface area contributed by atoms with Crippen molar-refractivity contribution < 1.29 is 9.84 Å². The molecule has 1 aromatic carbocycles. The molecule has 1 N–H and O–H groups in total. The van der Waals surface area contributed by atoms with Crippen LogP contribution in [-0.2, 0) is 10.3 Å². The van der Waals surface area contributed by atoms with E-state index in [2.05, 4.69) is 13.8 Å². The average molecular weight is 255 g/mol. The van der Waals surface area contributed by atoms with Gasteiger partial charge in [-0.1, -0.05) is 30.7 Å². The number of ether oxygens (including phenoxy) is 1. The second-order valence-corrected chi connectivity index (χ2v) is 5.56. The van der Waals surface area contributed by atoms with Gasteiger partial charge in [0.15, 0.2) is 0 Å². The van der Waals surface area contributed by atoms with Gasteiger partial charge < -0.3 is 9.84 Å². The highest BCUT2D eigenvalue weighted by atomic mass is 35.5. The third-order valence-corrected chi connectivity index (χ3v) is 3.98. The zero-order chi connectivity index (χ0) is 12.5. The number of hydrogen-bond acceptors (Lipinski definition) is 2. The van der Waals surface area contributed by atoms with Gasteiger partial charge in [0.2, 0.25) is 0 Å². The van der Waals surface area contributed by atoms with E-state index < -0.39 is 5.60 Å². The SMILES string of the molecule is CCC1(C)CC(O)(c2cccc(Cl)c2)CCO1. The molecule has 3 heteroatoms. The number of aliphatic hydroxyl groups is 1. The lowest BCUT2D eigenvalue weighted by atomic mass is 9.78. The first kappa shape index (κ1) is 12.9. The molecule has 0 radical (unpaired) electrons. The molecule has 1 fully saturated rings. The molecule has 0 aliphatic carbocycles. The quantitative estimate of drug-likeness (QED) is 0.875. The third kappa shape index (κ3) is 2.65. The van der Waals surface area contributed by atoms with Crippen molar-refractivity contribution >= 4 is 11.6 Å². The molecular weight excluding hydrogens is 236 g/mol. The highest BCUT2D eigenvalue weighted by molar-refractivity contribution is 6.30. The minimum absolute atomic E-state index is 0.241. The van der Waals surface area contributed by atoms with Crippen molar-refractivity contribution in [2.24, 2.45) is 0 Å². The highest BCUT2D eigenvalue weighted by Gasteiger charge is 2.42. The third-order valence-electron chi connectivity index (χ3n) is 3.74. The van der Waals surface area contributed by atoms with E-state index in [0.29, 0.717) is 24.5 Å². The maximum atomic E-state index is 10.8. The largest absolute Gasteiger partial charge is 0.385 e. The summed E-state index contributed by atoms with van der Waals surface area (Å²) in [5.41, 5.74) is -0.156. The molecule has 1 aliphatic rings. The number of benzene rings is 1. The summed E-state index contributed by atoms with van der Waals surface area (Å²) < 4.78 is 5.77. The Labute approximate surface area is 108 Å². The topological polar surface area (TPSA) is 29.5 Å². The fourth-order valence-corrected chi connectivity index (χ4v) is 2.67. The predicted octanol–water partition coefficient (Wildman–Crippen LogP) is 3.51. The van der Waals surface area contributed by atoms with E-state index >= 15 is 0 Å². The minimum Gasteiger partial charge on any atom is -0.385 e. The van der Waals surface area contributed by atoms with E-state index in [9.17, 15) is 5.11 Å². The first-order valence-electron chi connectivity index (χ1n) is 6.10. The van der Waals surface area contributed by atoms with Crippen LogP contribution in [0, 0.1) is 0 Å². The maximum absolute atomic E-state index is 10.8. The summed E-state index contributed by atoms with van der Waals surface area (Å²) in [5.74, 6) is 0. The molecule has 1 aliphatic heterocycles. The molecule has 17 heavy (non-hydrogen) atoms. The molecule has 2 unspecified atom stereocenters. The molecule has 0 bridgehead atoms. The fourth-order valence-electron chi connectivity index (χ4n) is 2.48. The number of hydrogen-bond donors (Lipinski definition) is 1. The second-order valence-electron chi connectivity index (χ2n) is 5.12. The molecule has 0 aromatic heterocycles. The number of rotatable bonds is 2. The van der Waals surface area contributed by atoms with Gasteiger partial charge in [-0.05, 0) is 31.0 Å². The minimum atomic E-state index is -0.812. The van der Waals surface area contributed by atoms with Gasteiger partial charge in [0.05, 0.1) is 17.8 Å². The van der Waals surface area contributed by atoms with Gasteiger partial charge in [0.25, 0.3) is 0 Å². The summed E-state index contributed by atoms with van der Waals surface area (Å²) in [5, 5.41) is 11.5. The van der Waals surface area contributed by atoms with Crippen molar-refractivity contribution in [1.29, 1.82) is 0 Å². The Morgan fingerprint density at radius 1 is 1.47 bits per heavy atom. The second kappa shape index (κ2) is 4.60. The first-order chi connectivity index (χ1) is 7.97. The van der Waals surface area contributed by atoms with Crippen molar-refractivity contribution in [2.45, 2.75) is 44.3 Å². The van der Waals surface area contributed by atoms with Crippen molar-refractivity contribution in [3.8, 4) is 0 Å². The summed E-state index contributed by atoms with van der Waals surface area (Å²) in [4.78, 5) is 0. The van der Waals surface area contributed by atoms with Gasteiger partial charge in [-0.15, -0.1) is 0 Å². The molecule has 0 amide bonds. The van der Waals surface area contributed by atoms with Gasteiger partial charge in [0.1, 0.15) is 0 Å². The van der Waals surface area contributed by atoms with Gasteiger partial charge in [-0.2, -0.15) is 0 Å². The van der Waals surface area contributed by atoms with Crippen LogP contribution in [-0.4, -0.2) is 17.3 Å². The molecule has 1 saturated heterocycles. The summed E-state index contributed by atoms with van der Waals surface area (Å²) in [6.07, 6.45) is 2.15. The van der Waals surface area contributed by atoms with Crippen LogP contribution in [0.1, 0.15) is 38.7 Å². The van der Waals surface area contributed by atoms with Crippen LogP contribution in [0.5, 0.6) is 0 Å². The van der Waals surface area contributed by atoms with Gasteiger partial charge in [-0.25, -0.2) is 0 Å². The zero-order valence-electron chi connectivity index (χ0n) is 10.4. The average Bonchev–Trinajstić information content (AvgIpc) is 2.29. The monoisotopic (exact) mass is 254 g/mol. The Hall–Kier alpha value is -0.570. The van der Waals surface area contributed by atoms with Gasteiger partial charge >= 0.3 is 0 Å². The van der Waals surface area contributed by atoms with Crippen molar-refractivity contribution in [1.82, 2.24) is 0 Å². The lowest BCUT2D eigenvalue weighted by Gasteiger charge is -2.43. The van der Waals surface area contributed by atoms with Crippen molar-refractivity contribution in [2.75, 3.05) is 6.61 Å². The Kier molecular flexibility index (Phi) is 3.48. The van der Waals surface area contributed by atoms with Crippen LogP contribution in [0.15, 0.2) is 24.3 Å². The number of halogens is 1. The van der Waals surface area contributed by atoms with Crippen molar-refractivity contribution in [3.63, 3.8) is 0 Å². The molecular formula is C14H19ClO2. The maximum Gasteiger partial charge on any atom is 0.0946 e. The van der Waals surface area contributed by atoms with Crippen LogP contribution in [0.4, 0.5) is 0 Å². The van der Waals surface area contributed by atoms with E-state index in [4.69, 9.17) is 16.3 Å². The lowest BCUT2D eigenvalue weighted by molar-refractivity contribution is -0.157. The summed E-state index contributed by atoms with van der Waals surface area (Å²) >= 11 is 5.99. The molecule has 0 spiro atoms. The van der Waals surface area contributed by atoms with Crippen LogP contribution < -0.4 is 0 Å². The molecule has 1 aromatic rings. The van der Waals surface area contributed by atoms with E-state index in [-0.39, 0.29) is 5.60 Å². The zero-order valence-corrected chi connectivity index (χ0v) is 11.1. The highest BCUT2D eigenvalue weighted by Crippen LogP contribution is 2.41. The Balaban J connectivity index is 2.29. The molecule has 2 nitrogen and oxygen atoms in total. The van der Waals surface area contributed by atoms with E-state index in [1.807, 2.05) is 24.3 Å². The summed E-state index contributed by atoms with van der Waals surface area (Å²) in [6.45, 7) is 4.73. The molecule has 0 saturated carbocycles. The predicted molar refractivity (Wildman–Crippen MR) is 69.2 cm³/mol. The molecule has 94 valence electrons. The van der Waals surface area contributed by atoms with Crippen LogP contribution >= 0.6 is 11.6 Å². The van der Waals surface area contributed by atoms with Crippen LogP contribution in [0.2, 0.25) is 5.02 Å². The summed E-state index contributed by atoms with van der Waals surface area (Å²) in [7, 11) is 0. The summed E-state index contributed by atoms with van der Waals surface area (Å²) in [6, 6.07) is 7.50. The first-order valence-corrected chi connectivity index (χ1v) is 6.48. The molecule has 2 atom stereocenters. The Bertz CT molecular complexity index is 407. The van der Waals surface area contributed by atoms with Crippen molar-refractivity contribution in [3.05, 3.63) is 34.9 Å².